The number of aromatic amines is 1. The maximum atomic E-state index is 12.6. The van der Waals surface area contributed by atoms with E-state index in [1.807, 2.05) is 11.0 Å². The van der Waals surface area contributed by atoms with Crippen LogP contribution in [0.4, 0.5) is 0 Å². The van der Waals surface area contributed by atoms with E-state index in [1.54, 1.807) is 12.4 Å². The van der Waals surface area contributed by atoms with E-state index in [-0.39, 0.29) is 18.1 Å². The molecular weight excluding hydrogens is 270 g/mol. The van der Waals surface area contributed by atoms with E-state index >= 15 is 0 Å². The molecule has 0 saturated carbocycles. The number of nitrogens with one attached hydrogen (secondary N) is 1. The number of morpholine rings is 1. The Balaban J connectivity index is 1.57. The van der Waals surface area contributed by atoms with Crippen LogP contribution in [0.3, 0.4) is 0 Å². The van der Waals surface area contributed by atoms with Crippen LogP contribution in [0.2, 0.25) is 0 Å². The molecular formula is C14H17N5O2. The standard InChI is InChI=1S/C14H17N5O2/c1-18-4-5-21-12-7-19(6-11(12)18)14(20)10-3-2-9-13(17-10)16-8-15-9/h2-3,8,11-12H,4-7H2,1H3,(H,15,16,17). The molecule has 2 aromatic heterocycles. The van der Waals surface area contributed by atoms with Crippen LogP contribution in [0.25, 0.3) is 11.2 Å². The van der Waals surface area contributed by atoms with Crippen molar-refractivity contribution in [2.75, 3.05) is 33.3 Å². The number of fused-ring (bicyclic) bond motifs is 2. The summed E-state index contributed by atoms with van der Waals surface area (Å²) in [6.45, 7) is 2.98. The highest BCUT2D eigenvalue weighted by molar-refractivity contribution is 5.94. The number of hydrogen-bond donors (Lipinski definition) is 1. The fraction of sp³-hybridized carbons (Fsp3) is 0.500. The van der Waals surface area contributed by atoms with Crippen molar-refractivity contribution in [3.05, 3.63) is 24.2 Å². The lowest BCUT2D eigenvalue weighted by molar-refractivity contribution is -0.0368. The predicted octanol–water partition coefficient (Wildman–Crippen LogP) is 0.113. The first-order valence-corrected chi connectivity index (χ1v) is 7.13. The van der Waals surface area contributed by atoms with Crippen LogP contribution >= 0.6 is 0 Å². The smallest absolute Gasteiger partial charge is 0.272 e. The van der Waals surface area contributed by atoms with Crippen LogP contribution in [0.1, 0.15) is 10.5 Å². The number of imidazole rings is 1. The van der Waals surface area contributed by atoms with Gasteiger partial charge in [-0.15, -0.1) is 0 Å². The van der Waals surface area contributed by atoms with Crippen LogP contribution in [-0.2, 0) is 4.74 Å². The Bertz CT molecular complexity index is 685. The lowest BCUT2D eigenvalue weighted by Crippen LogP contribution is -2.48. The molecule has 2 unspecified atom stereocenters. The minimum atomic E-state index is -0.0497. The zero-order valence-corrected chi connectivity index (χ0v) is 11.8. The molecule has 0 bridgehead atoms. The second-order valence-corrected chi connectivity index (χ2v) is 5.64. The monoisotopic (exact) mass is 287 g/mol. The van der Waals surface area contributed by atoms with Gasteiger partial charge in [-0.1, -0.05) is 0 Å². The van der Waals surface area contributed by atoms with Crippen molar-refractivity contribution in [1.82, 2.24) is 24.8 Å². The Labute approximate surface area is 121 Å². The number of rotatable bonds is 1. The first kappa shape index (κ1) is 12.7. The second-order valence-electron chi connectivity index (χ2n) is 5.64. The molecule has 0 aromatic carbocycles. The summed E-state index contributed by atoms with van der Waals surface area (Å²) in [7, 11) is 2.09. The zero-order chi connectivity index (χ0) is 14.4. The molecule has 7 nitrogen and oxygen atoms in total. The highest BCUT2D eigenvalue weighted by atomic mass is 16.5. The lowest BCUT2D eigenvalue weighted by Gasteiger charge is -2.33. The van der Waals surface area contributed by atoms with Crippen molar-refractivity contribution >= 4 is 17.1 Å². The SMILES string of the molecule is CN1CCOC2CN(C(=O)c3ccc4[nH]cnc4n3)CC21. The van der Waals surface area contributed by atoms with E-state index in [1.165, 1.54) is 0 Å². The largest absolute Gasteiger partial charge is 0.373 e. The van der Waals surface area contributed by atoms with Crippen molar-refractivity contribution < 1.29 is 9.53 Å². The Morgan fingerprint density at radius 3 is 3.19 bits per heavy atom. The van der Waals surface area contributed by atoms with Crippen molar-refractivity contribution in [2.24, 2.45) is 0 Å². The predicted molar refractivity (Wildman–Crippen MR) is 76.0 cm³/mol. The van der Waals surface area contributed by atoms with Crippen LogP contribution in [0.5, 0.6) is 0 Å². The second kappa shape index (κ2) is 4.78. The van der Waals surface area contributed by atoms with Crippen molar-refractivity contribution in [3.8, 4) is 0 Å². The Morgan fingerprint density at radius 2 is 2.33 bits per heavy atom. The van der Waals surface area contributed by atoms with Crippen LogP contribution in [-0.4, -0.2) is 76.1 Å². The summed E-state index contributed by atoms with van der Waals surface area (Å²) in [5.41, 5.74) is 1.85. The first-order chi connectivity index (χ1) is 10.2. The number of amides is 1. The minimum absolute atomic E-state index is 0.0497. The van der Waals surface area contributed by atoms with Gasteiger partial charge in [-0.25, -0.2) is 9.97 Å². The molecule has 4 heterocycles. The average molecular weight is 287 g/mol. The summed E-state index contributed by atoms with van der Waals surface area (Å²) >= 11 is 0. The Morgan fingerprint density at radius 1 is 1.43 bits per heavy atom. The van der Waals surface area contributed by atoms with E-state index in [2.05, 4.69) is 26.9 Å². The number of ether oxygens (including phenoxy) is 1. The van der Waals surface area contributed by atoms with E-state index in [0.29, 0.717) is 24.4 Å². The number of likely N-dealkylation sites (tertiary alicyclic amines) is 1. The number of aromatic nitrogens is 3. The number of pyridine rings is 1. The summed E-state index contributed by atoms with van der Waals surface area (Å²) in [5.74, 6) is -0.0497. The molecule has 1 N–H and O–H groups in total. The zero-order valence-electron chi connectivity index (χ0n) is 11.8. The van der Waals surface area contributed by atoms with Gasteiger partial charge in [-0.2, -0.15) is 0 Å². The normalized spacial score (nSPS) is 26.2. The summed E-state index contributed by atoms with van der Waals surface area (Å²) in [5, 5.41) is 0. The topological polar surface area (TPSA) is 74.3 Å². The molecule has 4 rings (SSSR count). The molecule has 2 fully saturated rings. The summed E-state index contributed by atoms with van der Waals surface area (Å²) in [6, 6.07) is 3.88. The number of hydrogen-bond acceptors (Lipinski definition) is 5. The quantitative estimate of drug-likeness (QED) is 0.806. The van der Waals surface area contributed by atoms with Gasteiger partial charge in [-0.3, -0.25) is 9.69 Å². The fourth-order valence-corrected chi connectivity index (χ4v) is 3.13. The number of likely N-dealkylation sites (N-methyl/N-ethyl adjacent to an activating group) is 1. The van der Waals surface area contributed by atoms with E-state index in [4.69, 9.17) is 4.74 Å². The van der Waals surface area contributed by atoms with Crippen molar-refractivity contribution in [3.63, 3.8) is 0 Å². The van der Waals surface area contributed by atoms with Gasteiger partial charge in [0.05, 0.1) is 30.6 Å². The molecule has 2 aliphatic rings. The third-order valence-electron chi connectivity index (χ3n) is 4.37. The molecule has 2 aliphatic heterocycles. The summed E-state index contributed by atoms with van der Waals surface area (Å²) in [4.78, 5) is 28.1. The molecule has 2 aromatic rings. The van der Waals surface area contributed by atoms with Gasteiger partial charge < -0.3 is 14.6 Å². The van der Waals surface area contributed by atoms with E-state index in [9.17, 15) is 4.79 Å². The van der Waals surface area contributed by atoms with Crippen molar-refractivity contribution in [1.29, 1.82) is 0 Å². The number of carbonyl (C=O) groups excluding carboxylic acids is 1. The van der Waals surface area contributed by atoms with Crippen LogP contribution < -0.4 is 0 Å². The number of H-pyrrole nitrogens is 1. The van der Waals surface area contributed by atoms with Gasteiger partial charge >= 0.3 is 0 Å². The third-order valence-corrected chi connectivity index (χ3v) is 4.37. The lowest BCUT2D eigenvalue weighted by atomic mass is 10.1. The molecule has 110 valence electrons. The molecule has 2 atom stereocenters. The van der Waals surface area contributed by atoms with Crippen LogP contribution in [0.15, 0.2) is 18.5 Å². The number of carbonyl (C=O) groups is 1. The third kappa shape index (κ3) is 2.09. The fourth-order valence-electron chi connectivity index (χ4n) is 3.13. The molecule has 1 amide bonds. The molecule has 0 radical (unpaired) electrons. The molecule has 21 heavy (non-hydrogen) atoms. The molecule has 7 heteroatoms. The highest BCUT2D eigenvalue weighted by Gasteiger charge is 2.40. The van der Waals surface area contributed by atoms with Gasteiger partial charge in [0.25, 0.3) is 5.91 Å². The van der Waals surface area contributed by atoms with Gasteiger partial charge in [0.15, 0.2) is 5.65 Å². The van der Waals surface area contributed by atoms with E-state index in [0.717, 1.165) is 18.7 Å². The van der Waals surface area contributed by atoms with Gasteiger partial charge in [0.1, 0.15) is 5.69 Å². The van der Waals surface area contributed by atoms with Gasteiger partial charge in [0, 0.05) is 19.6 Å². The number of nitrogens with zero attached hydrogens (tertiary/aromatic N) is 4. The maximum Gasteiger partial charge on any atom is 0.272 e. The molecule has 0 aliphatic carbocycles. The molecule has 0 spiro atoms. The Hall–Kier alpha value is -1.99. The first-order valence-electron chi connectivity index (χ1n) is 7.13. The van der Waals surface area contributed by atoms with Crippen molar-refractivity contribution in [2.45, 2.75) is 12.1 Å². The Kier molecular flexibility index (Phi) is 2.90. The molecule has 2 saturated heterocycles. The van der Waals surface area contributed by atoms with E-state index < -0.39 is 0 Å². The van der Waals surface area contributed by atoms with Gasteiger partial charge in [-0.05, 0) is 19.2 Å². The van der Waals surface area contributed by atoms with Gasteiger partial charge in [0.2, 0.25) is 0 Å². The average Bonchev–Trinajstić information content (AvgIpc) is 3.12. The summed E-state index contributed by atoms with van der Waals surface area (Å²) < 4.78 is 5.77. The highest BCUT2D eigenvalue weighted by Crippen LogP contribution is 2.23. The maximum absolute atomic E-state index is 12.6. The minimum Gasteiger partial charge on any atom is -0.373 e. The summed E-state index contributed by atoms with van der Waals surface area (Å²) in [6.07, 6.45) is 1.70. The van der Waals surface area contributed by atoms with Crippen LogP contribution in [0, 0.1) is 0 Å².